The van der Waals surface area contributed by atoms with E-state index in [1.165, 1.54) is 24.9 Å². The lowest BCUT2D eigenvalue weighted by molar-refractivity contribution is 0.110. The van der Waals surface area contributed by atoms with Crippen LogP contribution in [0.15, 0.2) is 40.8 Å². The van der Waals surface area contributed by atoms with Crippen LogP contribution in [-0.4, -0.2) is 19.4 Å². The minimum absolute atomic E-state index is 0.373. The Hall–Kier alpha value is -2.03. The Kier molecular flexibility index (Phi) is 3.36. The fourth-order valence-corrected chi connectivity index (χ4v) is 2.58. The molecule has 0 bridgehead atoms. The summed E-state index contributed by atoms with van der Waals surface area (Å²) < 4.78 is 5.47. The zero-order valence-electron chi connectivity index (χ0n) is 10.8. The average Bonchev–Trinajstić information content (AvgIpc) is 2.97. The predicted molar refractivity (Wildman–Crippen MR) is 75.6 cm³/mol. The van der Waals surface area contributed by atoms with Crippen molar-refractivity contribution in [3.8, 4) is 11.3 Å². The third-order valence-corrected chi connectivity index (χ3v) is 3.59. The van der Waals surface area contributed by atoms with E-state index < -0.39 is 0 Å². The molecule has 1 aromatic heterocycles. The van der Waals surface area contributed by atoms with Crippen LogP contribution in [0.5, 0.6) is 0 Å². The number of benzene rings is 1. The van der Waals surface area contributed by atoms with Gasteiger partial charge in [-0.1, -0.05) is 12.1 Å². The summed E-state index contributed by atoms with van der Waals surface area (Å²) >= 11 is 0. The third kappa shape index (κ3) is 2.55. The van der Waals surface area contributed by atoms with E-state index in [-0.39, 0.29) is 0 Å². The van der Waals surface area contributed by atoms with Crippen LogP contribution < -0.4 is 4.90 Å². The number of anilines is 1. The van der Waals surface area contributed by atoms with Crippen LogP contribution in [-0.2, 0) is 0 Å². The van der Waals surface area contributed by atoms with Gasteiger partial charge >= 0.3 is 0 Å². The van der Waals surface area contributed by atoms with Gasteiger partial charge in [-0.05, 0) is 43.5 Å². The van der Waals surface area contributed by atoms with Crippen molar-refractivity contribution >= 4 is 12.0 Å². The van der Waals surface area contributed by atoms with Crippen LogP contribution in [0.4, 0.5) is 5.69 Å². The van der Waals surface area contributed by atoms with Crippen LogP contribution in [0.3, 0.4) is 0 Å². The van der Waals surface area contributed by atoms with Gasteiger partial charge in [0.2, 0.25) is 0 Å². The van der Waals surface area contributed by atoms with Crippen LogP contribution >= 0.6 is 0 Å². The van der Waals surface area contributed by atoms with Gasteiger partial charge in [-0.25, -0.2) is 0 Å². The van der Waals surface area contributed by atoms with Crippen molar-refractivity contribution in [1.82, 2.24) is 0 Å². The molecule has 0 unspecified atom stereocenters. The third-order valence-electron chi connectivity index (χ3n) is 3.59. The molecule has 19 heavy (non-hydrogen) atoms. The molecular formula is C16H17NO2. The molecule has 1 saturated heterocycles. The lowest BCUT2D eigenvalue weighted by Crippen LogP contribution is -2.29. The minimum Gasteiger partial charge on any atom is -0.453 e. The second kappa shape index (κ2) is 5.31. The van der Waals surface area contributed by atoms with Crippen LogP contribution in [0, 0.1) is 0 Å². The summed E-state index contributed by atoms with van der Waals surface area (Å²) in [6, 6.07) is 11.9. The highest BCUT2D eigenvalue weighted by molar-refractivity contribution is 5.73. The Morgan fingerprint density at radius 1 is 1.05 bits per heavy atom. The van der Waals surface area contributed by atoms with Crippen molar-refractivity contribution in [2.45, 2.75) is 19.3 Å². The summed E-state index contributed by atoms with van der Waals surface area (Å²) in [6.45, 7) is 2.25. The summed E-state index contributed by atoms with van der Waals surface area (Å²) in [5.41, 5.74) is 2.26. The van der Waals surface area contributed by atoms with Crippen LogP contribution in [0.2, 0.25) is 0 Å². The van der Waals surface area contributed by atoms with Gasteiger partial charge in [-0.15, -0.1) is 0 Å². The highest BCUT2D eigenvalue weighted by Crippen LogP contribution is 2.27. The molecule has 98 valence electrons. The molecule has 0 aliphatic carbocycles. The second-order valence-corrected chi connectivity index (χ2v) is 4.92. The van der Waals surface area contributed by atoms with Gasteiger partial charge in [0.1, 0.15) is 5.76 Å². The Morgan fingerprint density at radius 2 is 1.89 bits per heavy atom. The van der Waals surface area contributed by atoms with Gasteiger partial charge in [-0.3, -0.25) is 4.79 Å². The van der Waals surface area contributed by atoms with E-state index in [9.17, 15) is 4.79 Å². The van der Waals surface area contributed by atoms with Crippen molar-refractivity contribution in [1.29, 1.82) is 0 Å². The summed E-state index contributed by atoms with van der Waals surface area (Å²) in [5, 5.41) is 0. The molecule has 3 heteroatoms. The molecule has 0 radical (unpaired) electrons. The maximum atomic E-state index is 10.7. The van der Waals surface area contributed by atoms with Gasteiger partial charge in [0.25, 0.3) is 0 Å². The lowest BCUT2D eigenvalue weighted by Gasteiger charge is -2.29. The number of carbonyl (C=O) groups is 1. The Labute approximate surface area is 112 Å². The van der Waals surface area contributed by atoms with E-state index >= 15 is 0 Å². The number of hydrogen-bond donors (Lipinski definition) is 0. The molecule has 3 nitrogen and oxygen atoms in total. The molecule has 0 amide bonds. The van der Waals surface area contributed by atoms with Gasteiger partial charge in [0.05, 0.1) is 0 Å². The number of furan rings is 1. The Bertz CT molecular complexity index is 568. The van der Waals surface area contributed by atoms with Crippen LogP contribution in [0.25, 0.3) is 11.3 Å². The molecule has 1 aromatic carbocycles. The monoisotopic (exact) mass is 255 g/mol. The predicted octanol–water partition coefficient (Wildman–Crippen LogP) is 3.75. The standard InChI is InChI=1S/C16H17NO2/c18-12-15-7-8-16(19-15)13-5-4-6-14(11-13)17-9-2-1-3-10-17/h4-8,11-12H,1-3,9-10H2. The van der Waals surface area contributed by atoms with E-state index in [4.69, 9.17) is 4.42 Å². The topological polar surface area (TPSA) is 33.5 Å². The highest BCUT2D eigenvalue weighted by atomic mass is 16.3. The van der Waals surface area contributed by atoms with Crippen LogP contribution in [0.1, 0.15) is 29.8 Å². The minimum atomic E-state index is 0.373. The zero-order valence-corrected chi connectivity index (χ0v) is 10.8. The molecule has 2 heterocycles. The van der Waals surface area contributed by atoms with Gasteiger partial charge in [-0.2, -0.15) is 0 Å². The fourth-order valence-electron chi connectivity index (χ4n) is 2.58. The summed E-state index contributed by atoms with van der Waals surface area (Å²) in [4.78, 5) is 13.1. The molecular weight excluding hydrogens is 238 g/mol. The fraction of sp³-hybridized carbons (Fsp3) is 0.312. The van der Waals surface area contributed by atoms with E-state index in [2.05, 4.69) is 17.0 Å². The number of nitrogens with zero attached hydrogens (tertiary/aromatic N) is 1. The van der Waals surface area contributed by atoms with Crippen molar-refractivity contribution < 1.29 is 9.21 Å². The van der Waals surface area contributed by atoms with Crippen molar-refractivity contribution in [3.63, 3.8) is 0 Å². The van der Waals surface area contributed by atoms with E-state index in [1.807, 2.05) is 18.2 Å². The molecule has 1 aliphatic rings. The number of rotatable bonds is 3. The zero-order chi connectivity index (χ0) is 13.1. The average molecular weight is 255 g/mol. The normalized spacial score (nSPS) is 15.5. The first-order valence-electron chi connectivity index (χ1n) is 6.77. The molecule has 3 rings (SSSR count). The number of piperidine rings is 1. The molecule has 0 spiro atoms. The largest absolute Gasteiger partial charge is 0.453 e. The van der Waals surface area contributed by atoms with E-state index in [0.717, 1.165) is 30.7 Å². The first-order chi connectivity index (χ1) is 9.36. The number of hydrogen-bond acceptors (Lipinski definition) is 3. The molecule has 0 atom stereocenters. The van der Waals surface area contributed by atoms with Gasteiger partial charge in [0.15, 0.2) is 12.0 Å². The molecule has 1 aliphatic heterocycles. The molecule has 0 N–H and O–H groups in total. The molecule has 2 aromatic rings. The van der Waals surface area contributed by atoms with E-state index in [0.29, 0.717) is 5.76 Å². The van der Waals surface area contributed by atoms with Crippen molar-refractivity contribution in [2.75, 3.05) is 18.0 Å². The molecule has 1 fully saturated rings. The van der Waals surface area contributed by atoms with Crippen molar-refractivity contribution in [2.24, 2.45) is 0 Å². The Morgan fingerprint density at radius 3 is 2.63 bits per heavy atom. The first-order valence-corrected chi connectivity index (χ1v) is 6.77. The lowest BCUT2D eigenvalue weighted by atomic mass is 10.1. The number of carbonyl (C=O) groups excluding carboxylic acids is 1. The maximum Gasteiger partial charge on any atom is 0.185 e. The number of aldehydes is 1. The smallest absolute Gasteiger partial charge is 0.185 e. The Balaban J connectivity index is 1.88. The molecule has 0 saturated carbocycles. The van der Waals surface area contributed by atoms with Crippen molar-refractivity contribution in [3.05, 3.63) is 42.2 Å². The second-order valence-electron chi connectivity index (χ2n) is 4.92. The summed E-state index contributed by atoms with van der Waals surface area (Å²) in [5.74, 6) is 1.12. The van der Waals surface area contributed by atoms with Gasteiger partial charge in [0, 0.05) is 24.3 Å². The summed E-state index contributed by atoms with van der Waals surface area (Å²) in [7, 11) is 0. The van der Waals surface area contributed by atoms with E-state index in [1.54, 1.807) is 6.07 Å². The first kappa shape index (κ1) is 12.0. The summed E-state index contributed by atoms with van der Waals surface area (Å²) in [6.07, 6.45) is 4.59. The van der Waals surface area contributed by atoms with Gasteiger partial charge < -0.3 is 9.32 Å². The maximum absolute atomic E-state index is 10.7. The SMILES string of the molecule is O=Cc1ccc(-c2cccc(N3CCCCC3)c2)o1. The highest BCUT2D eigenvalue weighted by Gasteiger charge is 2.12. The quantitative estimate of drug-likeness (QED) is 0.783.